The van der Waals surface area contributed by atoms with Crippen molar-refractivity contribution in [2.24, 2.45) is 0 Å². The van der Waals surface area contributed by atoms with Crippen LogP contribution in [0.4, 0.5) is 9.93 Å². The molecule has 2 aliphatic heterocycles. The Labute approximate surface area is 133 Å². The SMILES string of the molecule is C[C@@H]1Cc2nc(NC(=O)NC3CCOCC3)sc2[C@H](CO)N1. The zero-order valence-corrected chi connectivity index (χ0v) is 13.4. The van der Waals surface area contributed by atoms with E-state index in [1.165, 1.54) is 11.3 Å². The number of aliphatic hydroxyl groups excluding tert-OH is 1. The number of nitrogens with one attached hydrogen (secondary N) is 3. The Bertz CT molecular complexity index is 530. The summed E-state index contributed by atoms with van der Waals surface area (Å²) in [6.07, 6.45) is 2.50. The second kappa shape index (κ2) is 6.91. The number of hydrogen-bond donors (Lipinski definition) is 4. The maximum absolute atomic E-state index is 12.0. The first-order valence-electron chi connectivity index (χ1n) is 7.67. The number of hydrogen-bond acceptors (Lipinski definition) is 6. The van der Waals surface area contributed by atoms with Gasteiger partial charge in [-0.1, -0.05) is 11.3 Å². The molecule has 122 valence electrons. The lowest BCUT2D eigenvalue weighted by Gasteiger charge is -2.26. The minimum absolute atomic E-state index is 0.0350. The summed E-state index contributed by atoms with van der Waals surface area (Å²) < 4.78 is 5.28. The molecule has 7 nitrogen and oxygen atoms in total. The number of fused-ring (bicyclic) bond motifs is 1. The number of urea groups is 1. The predicted molar refractivity (Wildman–Crippen MR) is 84.2 cm³/mol. The van der Waals surface area contributed by atoms with Crippen LogP contribution >= 0.6 is 11.3 Å². The van der Waals surface area contributed by atoms with Crippen molar-refractivity contribution in [2.75, 3.05) is 25.1 Å². The quantitative estimate of drug-likeness (QED) is 0.665. The van der Waals surface area contributed by atoms with Crippen molar-refractivity contribution in [2.45, 2.75) is 44.3 Å². The molecular weight excluding hydrogens is 304 g/mol. The number of aliphatic hydroxyl groups is 1. The van der Waals surface area contributed by atoms with Crippen LogP contribution in [0.5, 0.6) is 0 Å². The highest BCUT2D eigenvalue weighted by molar-refractivity contribution is 7.16. The van der Waals surface area contributed by atoms with Gasteiger partial charge < -0.3 is 20.5 Å². The average Bonchev–Trinajstić information content (AvgIpc) is 2.89. The predicted octanol–water partition coefficient (Wildman–Crippen LogP) is 1.01. The third-order valence-corrected chi connectivity index (χ3v) is 5.12. The molecule has 2 aliphatic rings. The van der Waals surface area contributed by atoms with Gasteiger partial charge in [-0.3, -0.25) is 5.32 Å². The van der Waals surface area contributed by atoms with E-state index in [1.54, 1.807) is 0 Å². The van der Waals surface area contributed by atoms with E-state index in [0.717, 1.165) is 29.8 Å². The smallest absolute Gasteiger partial charge is 0.321 e. The number of ether oxygens (including phenoxy) is 1. The van der Waals surface area contributed by atoms with Gasteiger partial charge in [-0.2, -0.15) is 0 Å². The number of carbonyl (C=O) groups is 1. The van der Waals surface area contributed by atoms with Gasteiger partial charge in [-0.15, -0.1) is 0 Å². The van der Waals surface area contributed by atoms with Gasteiger partial charge in [0.25, 0.3) is 0 Å². The summed E-state index contributed by atoms with van der Waals surface area (Å²) in [5.41, 5.74) is 0.969. The van der Waals surface area contributed by atoms with E-state index in [-0.39, 0.29) is 30.8 Å². The Morgan fingerprint density at radius 1 is 1.50 bits per heavy atom. The van der Waals surface area contributed by atoms with Gasteiger partial charge in [0.2, 0.25) is 0 Å². The lowest BCUT2D eigenvalue weighted by Crippen LogP contribution is -2.41. The fourth-order valence-corrected chi connectivity index (χ4v) is 3.94. The fraction of sp³-hybridized carbons (Fsp3) is 0.714. The van der Waals surface area contributed by atoms with E-state index in [0.29, 0.717) is 18.3 Å². The van der Waals surface area contributed by atoms with Crippen LogP contribution in [0.25, 0.3) is 0 Å². The van der Waals surface area contributed by atoms with Gasteiger partial charge >= 0.3 is 6.03 Å². The normalized spacial score (nSPS) is 25.5. The Kier molecular flexibility index (Phi) is 4.92. The van der Waals surface area contributed by atoms with E-state index in [1.807, 2.05) is 0 Å². The Morgan fingerprint density at radius 3 is 3.00 bits per heavy atom. The molecule has 0 radical (unpaired) electrons. The monoisotopic (exact) mass is 326 g/mol. The Hall–Kier alpha value is -1.22. The Morgan fingerprint density at radius 2 is 2.27 bits per heavy atom. The van der Waals surface area contributed by atoms with E-state index in [4.69, 9.17) is 4.74 Å². The van der Waals surface area contributed by atoms with Gasteiger partial charge in [0.05, 0.1) is 18.3 Å². The molecule has 3 heterocycles. The number of thiazole rings is 1. The zero-order valence-electron chi connectivity index (χ0n) is 12.6. The molecule has 0 aliphatic carbocycles. The third kappa shape index (κ3) is 3.57. The lowest BCUT2D eigenvalue weighted by atomic mass is 10.0. The summed E-state index contributed by atoms with van der Waals surface area (Å²) in [6, 6.07) is 0.121. The van der Waals surface area contributed by atoms with Crippen molar-refractivity contribution in [1.29, 1.82) is 0 Å². The number of anilines is 1. The molecule has 1 fully saturated rings. The topological polar surface area (TPSA) is 95.5 Å². The maximum Gasteiger partial charge on any atom is 0.321 e. The molecule has 0 aromatic carbocycles. The first-order chi connectivity index (χ1) is 10.7. The molecule has 0 spiro atoms. The van der Waals surface area contributed by atoms with Crippen molar-refractivity contribution in [3.63, 3.8) is 0 Å². The van der Waals surface area contributed by atoms with Crippen LogP contribution in [0.3, 0.4) is 0 Å². The molecule has 8 heteroatoms. The van der Waals surface area contributed by atoms with Crippen LogP contribution in [0.1, 0.15) is 36.4 Å². The summed E-state index contributed by atoms with van der Waals surface area (Å²) in [6.45, 7) is 3.49. The van der Waals surface area contributed by atoms with Crippen molar-refractivity contribution < 1.29 is 14.6 Å². The van der Waals surface area contributed by atoms with Gasteiger partial charge in [0.15, 0.2) is 5.13 Å². The highest BCUT2D eigenvalue weighted by Crippen LogP contribution is 2.33. The molecular formula is C14H22N4O3S. The molecule has 2 atom stereocenters. The van der Waals surface area contributed by atoms with Crippen molar-refractivity contribution in [3.05, 3.63) is 10.6 Å². The van der Waals surface area contributed by atoms with Crippen molar-refractivity contribution in [1.82, 2.24) is 15.6 Å². The maximum atomic E-state index is 12.0. The van der Waals surface area contributed by atoms with E-state index in [2.05, 4.69) is 27.9 Å². The highest BCUT2D eigenvalue weighted by atomic mass is 32.1. The van der Waals surface area contributed by atoms with Gasteiger partial charge in [-0.05, 0) is 19.8 Å². The molecule has 1 aromatic heterocycles. The molecule has 0 unspecified atom stereocenters. The number of amides is 2. The van der Waals surface area contributed by atoms with Crippen LogP contribution in [0, 0.1) is 0 Å². The number of aromatic nitrogens is 1. The third-order valence-electron chi connectivity index (χ3n) is 3.99. The van der Waals surface area contributed by atoms with Crippen molar-refractivity contribution in [3.8, 4) is 0 Å². The van der Waals surface area contributed by atoms with Crippen LogP contribution in [-0.2, 0) is 11.2 Å². The molecule has 4 N–H and O–H groups in total. The van der Waals surface area contributed by atoms with Crippen LogP contribution in [-0.4, -0.2) is 48.0 Å². The zero-order chi connectivity index (χ0) is 15.5. The van der Waals surface area contributed by atoms with Gasteiger partial charge in [-0.25, -0.2) is 9.78 Å². The van der Waals surface area contributed by atoms with E-state index in [9.17, 15) is 9.90 Å². The number of rotatable bonds is 3. The first-order valence-corrected chi connectivity index (χ1v) is 8.49. The van der Waals surface area contributed by atoms with Crippen molar-refractivity contribution >= 4 is 22.5 Å². The van der Waals surface area contributed by atoms with Crippen LogP contribution < -0.4 is 16.0 Å². The molecule has 3 rings (SSSR count). The summed E-state index contributed by atoms with van der Waals surface area (Å²) in [4.78, 5) is 17.6. The number of carbonyl (C=O) groups excluding carboxylic acids is 1. The standard InChI is InChI=1S/C14H22N4O3S/c1-8-6-10-12(11(7-19)15-8)22-14(17-10)18-13(20)16-9-2-4-21-5-3-9/h8-9,11,15,19H,2-7H2,1H3,(H2,16,17,18,20)/t8-,11+/m1/s1. The second-order valence-corrected chi connectivity index (χ2v) is 6.85. The fourth-order valence-electron chi connectivity index (χ4n) is 2.90. The molecule has 2 amide bonds. The number of nitrogens with zero attached hydrogens (tertiary/aromatic N) is 1. The first kappa shape index (κ1) is 15.7. The van der Waals surface area contributed by atoms with Crippen LogP contribution in [0.2, 0.25) is 0 Å². The lowest BCUT2D eigenvalue weighted by molar-refractivity contribution is 0.0806. The van der Waals surface area contributed by atoms with E-state index >= 15 is 0 Å². The highest BCUT2D eigenvalue weighted by Gasteiger charge is 2.28. The molecule has 0 bridgehead atoms. The second-order valence-electron chi connectivity index (χ2n) is 5.82. The van der Waals surface area contributed by atoms with Gasteiger partial charge in [0.1, 0.15) is 0 Å². The van der Waals surface area contributed by atoms with Gasteiger partial charge in [0, 0.05) is 36.6 Å². The molecule has 0 saturated carbocycles. The molecule has 22 heavy (non-hydrogen) atoms. The Balaban J connectivity index is 1.62. The largest absolute Gasteiger partial charge is 0.394 e. The van der Waals surface area contributed by atoms with Crippen LogP contribution in [0.15, 0.2) is 0 Å². The summed E-state index contributed by atoms with van der Waals surface area (Å²) >= 11 is 1.43. The molecule has 1 saturated heterocycles. The minimum atomic E-state index is -0.223. The minimum Gasteiger partial charge on any atom is -0.394 e. The summed E-state index contributed by atoms with van der Waals surface area (Å²) in [5.74, 6) is 0. The summed E-state index contributed by atoms with van der Waals surface area (Å²) in [5, 5.41) is 19.2. The van der Waals surface area contributed by atoms with E-state index < -0.39 is 0 Å². The summed E-state index contributed by atoms with van der Waals surface area (Å²) in [7, 11) is 0. The average molecular weight is 326 g/mol. The molecule has 1 aromatic rings.